The zero-order chi connectivity index (χ0) is 23.3. The fourth-order valence-corrected chi connectivity index (χ4v) is 7.72. The van der Waals surface area contributed by atoms with Crippen LogP contribution in [0.15, 0.2) is 12.1 Å². The Morgan fingerprint density at radius 2 is 2.03 bits per heavy atom. The molecule has 3 N–H and O–H groups in total. The predicted octanol–water partition coefficient (Wildman–Crippen LogP) is 2.15. The first-order valence-electron chi connectivity index (χ1n) is 11.0. The van der Waals surface area contributed by atoms with E-state index in [-0.39, 0.29) is 41.6 Å². The summed E-state index contributed by atoms with van der Waals surface area (Å²) in [6, 6.07) is 3.00. The number of phosphoric ester groups is 1. The normalized spacial score (nSPS) is 39.2. The summed E-state index contributed by atoms with van der Waals surface area (Å²) in [5.41, 5.74) is -1.39. The van der Waals surface area contributed by atoms with Gasteiger partial charge in [-0.1, -0.05) is 6.07 Å². The number of Topliss-reactive ketones (excluding diaryl/α,β-unsaturated/α-hetero) is 1. The van der Waals surface area contributed by atoms with Gasteiger partial charge in [0.25, 0.3) is 0 Å². The number of phenols is 1. The van der Waals surface area contributed by atoms with E-state index in [1.807, 2.05) is 13.1 Å². The van der Waals surface area contributed by atoms with Crippen molar-refractivity contribution < 1.29 is 42.7 Å². The van der Waals surface area contributed by atoms with Crippen molar-refractivity contribution in [3.05, 3.63) is 23.3 Å². The molecule has 2 unspecified atom stereocenters. The van der Waals surface area contributed by atoms with Gasteiger partial charge in [0.2, 0.25) is 0 Å². The number of hydrogen-bond acceptors (Lipinski definition) is 7. The smallest absolute Gasteiger partial charge is 0.477 e. The lowest BCUT2D eigenvalue weighted by Gasteiger charge is -2.63. The molecule has 2 bridgehead atoms. The first-order valence-corrected chi connectivity index (χ1v) is 12.5. The molecule has 1 saturated heterocycles. The molecule has 2 fully saturated rings. The highest BCUT2D eigenvalue weighted by Gasteiger charge is 2.76. The van der Waals surface area contributed by atoms with Crippen LogP contribution in [0.1, 0.15) is 51.2 Å². The van der Waals surface area contributed by atoms with Crippen LogP contribution in [0, 0.1) is 0 Å². The van der Waals surface area contributed by atoms with Crippen molar-refractivity contribution in [2.75, 3.05) is 20.3 Å². The second kappa shape index (κ2) is 6.56. The van der Waals surface area contributed by atoms with E-state index < -0.39 is 30.5 Å². The SMILES string of the molecule is CC(C)(C)OP(=O)(O)OC[N+]1(C)CC[C@]23c4c5ccc(O)c4O[C@H]2C(=O)CC[C@@]3(O)[C@H]1C5. The molecular formula is C22H31NO8P+. The number of likely N-dealkylation sites (tertiary alicyclic amines) is 1. The van der Waals surface area contributed by atoms with Gasteiger partial charge < -0.3 is 19.8 Å². The molecule has 2 aliphatic carbocycles. The number of aromatic hydroxyl groups is 1. The summed E-state index contributed by atoms with van der Waals surface area (Å²) in [5.74, 6) is 0.223. The largest absolute Gasteiger partial charge is 0.504 e. The van der Waals surface area contributed by atoms with Crippen molar-refractivity contribution in [2.24, 2.45) is 0 Å². The molecule has 1 saturated carbocycles. The van der Waals surface area contributed by atoms with Crippen LogP contribution < -0.4 is 4.74 Å². The molecule has 176 valence electrons. The minimum absolute atomic E-state index is 0.0205. The molecule has 1 aromatic rings. The van der Waals surface area contributed by atoms with Crippen LogP contribution in [-0.2, 0) is 30.2 Å². The van der Waals surface area contributed by atoms with Gasteiger partial charge in [-0.3, -0.25) is 13.8 Å². The third-order valence-corrected chi connectivity index (χ3v) is 9.03. The lowest BCUT2D eigenvalue weighted by atomic mass is 9.48. The highest BCUT2D eigenvalue weighted by Crippen LogP contribution is 2.65. The number of quaternary nitrogens is 1. The van der Waals surface area contributed by atoms with Crippen molar-refractivity contribution in [3.8, 4) is 11.5 Å². The van der Waals surface area contributed by atoms with E-state index in [2.05, 4.69) is 0 Å². The third-order valence-electron chi connectivity index (χ3n) is 7.81. The maximum absolute atomic E-state index is 12.9. The molecule has 0 aromatic heterocycles. The number of phosphoric acid groups is 1. The fraction of sp³-hybridized carbons (Fsp3) is 0.682. The Balaban J connectivity index is 1.55. The Kier molecular flexibility index (Phi) is 4.57. The number of hydrogen-bond donors (Lipinski definition) is 3. The zero-order valence-corrected chi connectivity index (χ0v) is 19.7. The first-order chi connectivity index (χ1) is 14.7. The van der Waals surface area contributed by atoms with Crippen LogP contribution in [0.5, 0.6) is 11.5 Å². The van der Waals surface area contributed by atoms with Gasteiger partial charge in [0.1, 0.15) is 11.6 Å². The summed E-state index contributed by atoms with van der Waals surface area (Å²) in [6.45, 7) is 5.41. The van der Waals surface area contributed by atoms with Crippen molar-refractivity contribution in [1.82, 2.24) is 0 Å². The Morgan fingerprint density at radius 3 is 2.72 bits per heavy atom. The van der Waals surface area contributed by atoms with E-state index in [1.54, 1.807) is 26.8 Å². The Morgan fingerprint density at radius 1 is 1.31 bits per heavy atom. The molecule has 2 heterocycles. The molecule has 2 aliphatic heterocycles. The summed E-state index contributed by atoms with van der Waals surface area (Å²) in [7, 11) is -2.41. The Bertz CT molecular complexity index is 1050. The van der Waals surface area contributed by atoms with Gasteiger partial charge in [-0.2, -0.15) is 0 Å². The molecular weight excluding hydrogens is 437 g/mol. The molecule has 1 aromatic carbocycles. The van der Waals surface area contributed by atoms with Gasteiger partial charge in [-0.25, -0.2) is 9.09 Å². The number of piperidine rings is 1. The first kappa shape index (κ1) is 22.3. The maximum atomic E-state index is 12.9. The van der Waals surface area contributed by atoms with E-state index in [1.165, 1.54) is 0 Å². The monoisotopic (exact) mass is 468 g/mol. The number of ether oxygens (including phenoxy) is 1. The highest BCUT2D eigenvalue weighted by atomic mass is 31.2. The lowest BCUT2D eigenvalue weighted by molar-refractivity contribution is -0.962. The lowest BCUT2D eigenvalue weighted by Crippen LogP contribution is -2.80. The minimum Gasteiger partial charge on any atom is -0.504 e. The van der Waals surface area contributed by atoms with Crippen molar-refractivity contribution >= 4 is 13.6 Å². The number of benzene rings is 1. The van der Waals surface area contributed by atoms with Crippen LogP contribution in [0.4, 0.5) is 0 Å². The second-order valence-electron chi connectivity index (χ2n) is 10.9. The Hall–Kier alpha value is -1.48. The van der Waals surface area contributed by atoms with Gasteiger partial charge in [0, 0.05) is 24.8 Å². The van der Waals surface area contributed by atoms with Crippen molar-refractivity contribution in [1.29, 1.82) is 0 Å². The number of aliphatic hydroxyl groups is 1. The van der Waals surface area contributed by atoms with Crippen molar-refractivity contribution in [2.45, 2.75) is 75.2 Å². The molecule has 32 heavy (non-hydrogen) atoms. The molecule has 4 aliphatic rings. The topological polar surface area (TPSA) is 123 Å². The van der Waals surface area contributed by atoms with Crippen LogP contribution in [-0.4, -0.2) is 69.0 Å². The van der Waals surface area contributed by atoms with Crippen LogP contribution in [0.3, 0.4) is 0 Å². The van der Waals surface area contributed by atoms with Crippen LogP contribution >= 0.6 is 7.82 Å². The molecule has 0 radical (unpaired) electrons. The van der Waals surface area contributed by atoms with Crippen LogP contribution in [0.25, 0.3) is 0 Å². The summed E-state index contributed by atoms with van der Waals surface area (Å²) >= 11 is 0. The molecule has 9 nitrogen and oxygen atoms in total. The molecule has 5 rings (SSSR count). The van der Waals surface area contributed by atoms with E-state index in [9.17, 15) is 24.5 Å². The molecule has 0 amide bonds. The zero-order valence-electron chi connectivity index (χ0n) is 18.8. The minimum atomic E-state index is -4.31. The number of phenolic OH excluding ortho intramolecular Hbond substituents is 1. The summed E-state index contributed by atoms with van der Waals surface area (Å²) in [5, 5.41) is 22.7. The number of carbonyl (C=O) groups is 1. The average molecular weight is 468 g/mol. The number of nitrogens with zero attached hydrogens (tertiary/aromatic N) is 1. The average Bonchev–Trinajstić information content (AvgIpc) is 3.03. The van der Waals surface area contributed by atoms with Crippen LogP contribution in [0.2, 0.25) is 0 Å². The standard InChI is InChI=1S/C22H30NO8P/c1-20(2,3)31-32(27,28)29-12-23(4)10-9-21-17-13-5-6-14(24)18(17)30-19(21)15(25)7-8-22(21,26)16(23)11-13/h5-6,16,19,26H,7-12H2,1-4H3,(H-,24,27,28)/p+1/t16-,19+,21+,22-,23?/m1/s1. The quantitative estimate of drug-likeness (QED) is 0.454. The van der Waals surface area contributed by atoms with Gasteiger partial charge in [-0.15, -0.1) is 0 Å². The summed E-state index contributed by atoms with van der Waals surface area (Å²) in [4.78, 5) is 23.1. The molecule has 1 spiro atoms. The highest BCUT2D eigenvalue weighted by molar-refractivity contribution is 7.47. The number of rotatable bonds is 4. The number of likely N-dealkylation sites (N-methyl/N-ethyl adjacent to an activating group) is 1. The summed E-state index contributed by atoms with van der Waals surface area (Å²) < 4.78 is 29.4. The van der Waals surface area contributed by atoms with E-state index in [0.29, 0.717) is 25.1 Å². The maximum Gasteiger partial charge on any atom is 0.477 e. The predicted molar refractivity (Wildman–Crippen MR) is 113 cm³/mol. The molecule has 10 heteroatoms. The number of ketones is 1. The molecule has 6 atom stereocenters. The Labute approximate surface area is 187 Å². The van der Waals surface area contributed by atoms with Gasteiger partial charge in [0.15, 0.2) is 30.1 Å². The second-order valence-corrected chi connectivity index (χ2v) is 12.3. The van der Waals surface area contributed by atoms with E-state index in [4.69, 9.17) is 13.8 Å². The number of carbonyl (C=O) groups excluding carboxylic acids is 1. The fourth-order valence-electron chi connectivity index (χ4n) is 6.56. The summed E-state index contributed by atoms with van der Waals surface area (Å²) in [6.07, 6.45) is 0.509. The van der Waals surface area contributed by atoms with Gasteiger partial charge in [0.05, 0.1) is 24.6 Å². The van der Waals surface area contributed by atoms with Gasteiger partial charge >= 0.3 is 7.82 Å². The third kappa shape index (κ3) is 2.89. The van der Waals surface area contributed by atoms with Crippen molar-refractivity contribution in [3.63, 3.8) is 0 Å². The van der Waals surface area contributed by atoms with E-state index >= 15 is 0 Å². The van der Waals surface area contributed by atoms with E-state index in [0.717, 1.165) is 11.1 Å². The van der Waals surface area contributed by atoms with Gasteiger partial charge in [-0.05, 0) is 38.8 Å².